The highest BCUT2D eigenvalue weighted by Crippen LogP contribution is 2.14. The Labute approximate surface area is 99.5 Å². The molecule has 0 bridgehead atoms. The van der Waals surface area contributed by atoms with Crippen LogP contribution in [0.2, 0.25) is 0 Å². The van der Waals surface area contributed by atoms with E-state index in [1.807, 2.05) is 0 Å². The molecule has 6 heteroatoms. The van der Waals surface area contributed by atoms with Crippen LogP contribution in [-0.4, -0.2) is 47.5 Å². The molecule has 0 radical (unpaired) electrons. The molecule has 1 aliphatic rings. The van der Waals surface area contributed by atoms with Crippen LogP contribution in [0, 0.1) is 0 Å². The van der Waals surface area contributed by atoms with Gasteiger partial charge in [0.05, 0.1) is 19.1 Å². The molecule has 1 heterocycles. The molecule has 1 atom stereocenters. The standard InChI is InChI=1S/C11H17NO5/c1-17-8(6-11(15)16)7-12-9(13)4-2-3-5-10(12)14/h8H,2-7H2,1H3,(H,15,16). The summed E-state index contributed by atoms with van der Waals surface area (Å²) in [5.41, 5.74) is 0. The van der Waals surface area contributed by atoms with E-state index < -0.39 is 12.1 Å². The molecule has 1 fully saturated rings. The van der Waals surface area contributed by atoms with Crippen LogP contribution in [0.15, 0.2) is 0 Å². The zero-order chi connectivity index (χ0) is 12.8. The number of nitrogens with zero attached hydrogens (tertiary/aromatic N) is 1. The fraction of sp³-hybridized carbons (Fsp3) is 0.727. The Morgan fingerprint density at radius 3 is 2.29 bits per heavy atom. The number of methoxy groups -OCH3 is 1. The molecule has 1 N–H and O–H groups in total. The topological polar surface area (TPSA) is 83.9 Å². The van der Waals surface area contributed by atoms with Crippen molar-refractivity contribution in [1.82, 2.24) is 4.90 Å². The quantitative estimate of drug-likeness (QED) is 0.707. The Morgan fingerprint density at radius 1 is 1.35 bits per heavy atom. The maximum absolute atomic E-state index is 11.7. The van der Waals surface area contributed by atoms with E-state index in [9.17, 15) is 14.4 Å². The van der Waals surface area contributed by atoms with Crippen LogP contribution in [0.1, 0.15) is 32.1 Å². The van der Waals surface area contributed by atoms with Gasteiger partial charge in [0.1, 0.15) is 0 Å². The monoisotopic (exact) mass is 243 g/mol. The van der Waals surface area contributed by atoms with Crippen molar-refractivity contribution in [3.63, 3.8) is 0 Å². The van der Waals surface area contributed by atoms with E-state index in [-0.39, 0.29) is 24.8 Å². The molecule has 1 aliphatic heterocycles. The van der Waals surface area contributed by atoms with Crippen LogP contribution in [0.5, 0.6) is 0 Å². The Hall–Kier alpha value is -1.43. The van der Waals surface area contributed by atoms with Crippen LogP contribution in [0.4, 0.5) is 0 Å². The third-order valence-corrected chi connectivity index (χ3v) is 2.76. The molecule has 6 nitrogen and oxygen atoms in total. The molecule has 1 saturated heterocycles. The zero-order valence-electron chi connectivity index (χ0n) is 9.85. The third-order valence-electron chi connectivity index (χ3n) is 2.76. The summed E-state index contributed by atoms with van der Waals surface area (Å²) in [4.78, 5) is 35.0. The molecule has 0 aromatic heterocycles. The van der Waals surface area contributed by atoms with Gasteiger partial charge in [0.2, 0.25) is 11.8 Å². The number of carbonyl (C=O) groups excluding carboxylic acids is 2. The molecule has 2 amide bonds. The number of carboxylic acids is 1. The number of aliphatic carboxylic acids is 1. The first-order valence-electron chi connectivity index (χ1n) is 5.62. The fourth-order valence-electron chi connectivity index (χ4n) is 1.79. The van der Waals surface area contributed by atoms with Gasteiger partial charge in [0.25, 0.3) is 0 Å². The van der Waals surface area contributed by atoms with Crippen molar-refractivity contribution in [2.75, 3.05) is 13.7 Å². The highest BCUT2D eigenvalue weighted by molar-refractivity contribution is 5.96. The number of ether oxygens (including phenoxy) is 1. The average molecular weight is 243 g/mol. The van der Waals surface area contributed by atoms with E-state index in [2.05, 4.69) is 0 Å². The van der Waals surface area contributed by atoms with Gasteiger partial charge in [-0.2, -0.15) is 0 Å². The Morgan fingerprint density at radius 2 is 1.88 bits per heavy atom. The van der Waals surface area contributed by atoms with E-state index in [0.717, 1.165) is 4.90 Å². The van der Waals surface area contributed by atoms with E-state index in [4.69, 9.17) is 9.84 Å². The summed E-state index contributed by atoms with van der Waals surface area (Å²) in [5.74, 6) is -1.48. The number of rotatable bonds is 5. The number of amides is 2. The number of hydrogen-bond donors (Lipinski definition) is 1. The first-order chi connectivity index (χ1) is 8.04. The van der Waals surface area contributed by atoms with Gasteiger partial charge >= 0.3 is 5.97 Å². The number of hydrogen-bond acceptors (Lipinski definition) is 4. The first kappa shape index (κ1) is 13.6. The van der Waals surface area contributed by atoms with Crippen LogP contribution in [-0.2, 0) is 19.1 Å². The van der Waals surface area contributed by atoms with E-state index in [0.29, 0.717) is 25.7 Å². The average Bonchev–Trinajstić information content (AvgIpc) is 2.42. The molecular weight excluding hydrogens is 226 g/mol. The Balaban J connectivity index is 2.64. The highest BCUT2D eigenvalue weighted by atomic mass is 16.5. The minimum atomic E-state index is -1.01. The summed E-state index contributed by atoms with van der Waals surface area (Å²) in [6.45, 7) is 0.0282. The van der Waals surface area contributed by atoms with Crippen molar-refractivity contribution in [3.8, 4) is 0 Å². The van der Waals surface area contributed by atoms with Gasteiger partial charge in [-0.15, -0.1) is 0 Å². The Kier molecular flexibility index (Phi) is 5.09. The van der Waals surface area contributed by atoms with Crippen molar-refractivity contribution < 1.29 is 24.2 Å². The number of carbonyl (C=O) groups is 3. The molecular formula is C11H17NO5. The maximum Gasteiger partial charge on any atom is 0.306 e. The van der Waals surface area contributed by atoms with Crippen LogP contribution in [0.3, 0.4) is 0 Å². The van der Waals surface area contributed by atoms with Crippen molar-refractivity contribution in [2.24, 2.45) is 0 Å². The van der Waals surface area contributed by atoms with Crippen LogP contribution in [0.25, 0.3) is 0 Å². The highest BCUT2D eigenvalue weighted by Gasteiger charge is 2.27. The predicted molar refractivity (Wildman–Crippen MR) is 58.2 cm³/mol. The fourth-order valence-corrected chi connectivity index (χ4v) is 1.79. The lowest BCUT2D eigenvalue weighted by Gasteiger charge is -2.23. The summed E-state index contributed by atoms with van der Waals surface area (Å²) in [7, 11) is 1.38. The van der Waals surface area contributed by atoms with Gasteiger partial charge in [0, 0.05) is 20.0 Å². The van der Waals surface area contributed by atoms with Crippen LogP contribution >= 0.6 is 0 Å². The summed E-state index contributed by atoms with van der Waals surface area (Å²) in [6.07, 6.45) is 1.24. The number of carboxylic acid groups (broad SMARTS) is 1. The second kappa shape index (κ2) is 6.34. The van der Waals surface area contributed by atoms with E-state index >= 15 is 0 Å². The zero-order valence-corrected chi connectivity index (χ0v) is 9.85. The largest absolute Gasteiger partial charge is 0.481 e. The van der Waals surface area contributed by atoms with Gasteiger partial charge in [-0.3, -0.25) is 19.3 Å². The van der Waals surface area contributed by atoms with Gasteiger partial charge in [-0.05, 0) is 12.8 Å². The lowest BCUT2D eigenvalue weighted by molar-refractivity contribution is -0.149. The first-order valence-corrected chi connectivity index (χ1v) is 5.62. The molecule has 17 heavy (non-hydrogen) atoms. The molecule has 96 valence electrons. The lowest BCUT2D eigenvalue weighted by Crippen LogP contribution is -2.42. The van der Waals surface area contributed by atoms with E-state index in [1.165, 1.54) is 7.11 Å². The SMILES string of the molecule is COC(CC(=O)O)CN1C(=O)CCCCC1=O. The number of likely N-dealkylation sites (tertiary alicyclic amines) is 1. The summed E-state index contributed by atoms with van der Waals surface area (Å²) in [5, 5.41) is 8.66. The molecule has 0 aliphatic carbocycles. The van der Waals surface area contributed by atoms with Crippen LogP contribution < -0.4 is 0 Å². The Bertz CT molecular complexity index is 297. The van der Waals surface area contributed by atoms with Gasteiger partial charge < -0.3 is 9.84 Å². The van der Waals surface area contributed by atoms with Gasteiger partial charge in [0.15, 0.2) is 0 Å². The molecule has 0 spiro atoms. The normalized spacial score (nSPS) is 19.0. The van der Waals surface area contributed by atoms with Crippen molar-refractivity contribution >= 4 is 17.8 Å². The minimum Gasteiger partial charge on any atom is -0.481 e. The van der Waals surface area contributed by atoms with E-state index in [1.54, 1.807) is 0 Å². The maximum atomic E-state index is 11.7. The number of imide groups is 1. The third kappa shape index (κ3) is 4.14. The van der Waals surface area contributed by atoms with Gasteiger partial charge in [-0.25, -0.2) is 0 Å². The molecule has 1 rings (SSSR count). The van der Waals surface area contributed by atoms with Crippen molar-refractivity contribution in [3.05, 3.63) is 0 Å². The summed E-state index contributed by atoms with van der Waals surface area (Å²) >= 11 is 0. The predicted octanol–water partition coefficient (Wildman–Crippen LogP) is 0.405. The summed E-state index contributed by atoms with van der Waals surface area (Å²) < 4.78 is 4.97. The van der Waals surface area contributed by atoms with Crippen molar-refractivity contribution in [2.45, 2.75) is 38.2 Å². The summed E-state index contributed by atoms with van der Waals surface area (Å²) in [6, 6.07) is 0. The molecule has 0 aromatic rings. The lowest BCUT2D eigenvalue weighted by atomic mass is 10.2. The molecule has 0 saturated carbocycles. The second-order valence-corrected chi connectivity index (χ2v) is 4.06. The minimum absolute atomic E-state index is 0.0282. The second-order valence-electron chi connectivity index (χ2n) is 4.06. The van der Waals surface area contributed by atoms with Gasteiger partial charge in [-0.1, -0.05) is 0 Å². The smallest absolute Gasteiger partial charge is 0.306 e. The molecule has 0 aromatic carbocycles. The van der Waals surface area contributed by atoms with Crippen molar-refractivity contribution in [1.29, 1.82) is 0 Å². The molecule has 1 unspecified atom stereocenters.